The highest BCUT2D eigenvalue weighted by molar-refractivity contribution is 5.78. The van der Waals surface area contributed by atoms with Gasteiger partial charge in [-0.25, -0.2) is 9.98 Å². The third-order valence-corrected chi connectivity index (χ3v) is 0.778. The molecule has 0 saturated carbocycles. The molecule has 1 rings (SSSR count). The van der Waals surface area contributed by atoms with Crippen molar-refractivity contribution in [2.24, 2.45) is 9.98 Å². The predicted molar refractivity (Wildman–Crippen MR) is 33.9 cm³/mol. The van der Waals surface area contributed by atoms with E-state index in [4.69, 9.17) is 0 Å². The van der Waals surface area contributed by atoms with E-state index in [9.17, 15) is 0 Å². The van der Waals surface area contributed by atoms with Crippen LogP contribution in [-0.2, 0) is 0 Å². The molecule has 0 radical (unpaired) electrons. The van der Waals surface area contributed by atoms with Gasteiger partial charge in [-0.1, -0.05) is 6.58 Å². The molecule has 1 aliphatic heterocycles. The lowest BCUT2D eigenvalue weighted by Gasteiger charge is -2.07. The highest BCUT2D eigenvalue weighted by Crippen LogP contribution is 1.95. The molecule has 0 bridgehead atoms. The minimum atomic E-state index is 0.558. The van der Waals surface area contributed by atoms with Gasteiger partial charge in [0.25, 0.3) is 0 Å². The first kappa shape index (κ1) is 5.03. The first-order chi connectivity index (χ1) is 3.79. The summed E-state index contributed by atoms with van der Waals surface area (Å²) in [7, 11) is 1.86. The van der Waals surface area contributed by atoms with Crippen molar-refractivity contribution in [3.8, 4) is 0 Å². The van der Waals surface area contributed by atoms with Crippen molar-refractivity contribution >= 4 is 12.7 Å². The van der Waals surface area contributed by atoms with Crippen LogP contribution in [0.5, 0.6) is 0 Å². The number of aliphatic imine (C=N–C) groups is 2. The Morgan fingerprint density at radius 3 is 2.38 bits per heavy atom. The quantitative estimate of drug-likeness (QED) is 0.444. The SMILES string of the molecule is C=C1N=CN(C)C=N1. The van der Waals surface area contributed by atoms with Crippen LogP contribution in [0.2, 0.25) is 0 Å². The lowest BCUT2D eigenvalue weighted by Crippen LogP contribution is -2.15. The van der Waals surface area contributed by atoms with E-state index in [0.717, 1.165) is 0 Å². The minimum Gasteiger partial charge on any atom is -0.326 e. The van der Waals surface area contributed by atoms with Crippen LogP contribution in [0.3, 0.4) is 0 Å². The monoisotopic (exact) mass is 109 g/mol. The van der Waals surface area contributed by atoms with E-state index < -0.39 is 0 Å². The molecule has 0 amide bonds. The van der Waals surface area contributed by atoms with Gasteiger partial charge in [0.05, 0.1) is 12.7 Å². The molecule has 0 N–H and O–H groups in total. The van der Waals surface area contributed by atoms with E-state index in [1.54, 1.807) is 17.6 Å². The van der Waals surface area contributed by atoms with Crippen molar-refractivity contribution in [1.82, 2.24) is 4.90 Å². The molecule has 3 nitrogen and oxygen atoms in total. The van der Waals surface area contributed by atoms with Gasteiger partial charge in [-0.2, -0.15) is 0 Å². The summed E-state index contributed by atoms with van der Waals surface area (Å²) < 4.78 is 0. The van der Waals surface area contributed by atoms with Crippen LogP contribution < -0.4 is 0 Å². The Balaban J connectivity index is 2.68. The topological polar surface area (TPSA) is 28.0 Å². The Bertz CT molecular complexity index is 141. The second kappa shape index (κ2) is 1.78. The number of hydrogen-bond donors (Lipinski definition) is 0. The summed E-state index contributed by atoms with van der Waals surface area (Å²) >= 11 is 0. The zero-order chi connectivity index (χ0) is 5.98. The third-order valence-electron chi connectivity index (χ3n) is 0.778. The van der Waals surface area contributed by atoms with Crippen LogP contribution in [0.1, 0.15) is 0 Å². The second-order valence-corrected chi connectivity index (χ2v) is 1.57. The third kappa shape index (κ3) is 0.932. The molecular formula is C5H7N3. The van der Waals surface area contributed by atoms with Crippen molar-refractivity contribution in [1.29, 1.82) is 0 Å². The summed E-state index contributed by atoms with van der Waals surface area (Å²) in [6.07, 6.45) is 3.32. The van der Waals surface area contributed by atoms with Gasteiger partial charge < -0.3 is 4.90 Å². The maximum absolute atomic E-state index is 3.82. The standard InChI is InChI=1S/C5H7N3/c1-5-6-3-8(2)4-7-5/h3-4H,1H2,2H3. The molecule has 0 spiro atoms. The van der Waals surface area contributed by atoms with Gasteiger partial charge in [0.15, 0.2) is 0 Å². The molecule has 0 aromatic carbocycles. The van der Waals surface area contributed by atoms with Gasteiger partial charge in [-0.15, -0.1) is 0 Å². The largest absolute Gasteiger partial charge is 0.326 e. The number of nitrogens with zero attached hydrogens (tertiary/aromatic N) is 3. The van der Waals surface area contributed by atoms with E-state index in [0.29, 0.717) is 5.82 Å². The highest BCUT2D eigenvalue weighted by Gasteiger charge is 1.91. The fourth-order valence-corrected chi connectivity index (χ4v) is 0.379. The van der Waals surface area contributed by atoms with Crippen molar-refractivity contribution < 1.29 is 0 Å². The molecule has 0 aliphatic carbocycles. The summed E-state index contributed by atoms with van der Waals surface area (Å²) in [5.41, 5.74) is 0. The zero-order valence-electron chi connectivity index (χ0n) is 4.70. The molecule has 0 fully saturated rings. The van der Waals surface area contributed by atoms with Crippen LogP contribution in [0.25, 0.3) is 0 Å². The predicted octanol–water partition coefficient (Wildman–Crippen LogP) is 0.460. The van der Waals surface area contributed by atoms with Crippen molar-refractivity contribution in [2.45, 2.75) is 0 Å². The first-order valence-electron chi connectivity index (χ1n) is 2.28. The molecule has 8 heavy (non-hydrogen) atoms. The van der Waals surface area contributed by atoms with E-state index in [-0.39, 0.29) is 0 Å². The average molecular weight is 109 g/mol. The molecule has 0 atom stereocenters. The molecule has 0 unspecified atom stereocenters. The lowest BCUT2D eigenvalue weighted by atomic mass is 10.7. The highest BCUT2D eigenvalue weighted by atomic mass is 15.2. The summed E-state index contributed by atoms with van der Waals surface area (Å²) in [6.45, 7) is 3.53. The molecular weight excluding hydrogens is 102 g/mol. The second-order valence-electron chi connectivity index (χ2n) is 1.57. The molecule has 1 aliphatic rings. The van der Waals surface area contributed by atoms with E-state index in [2.05, 4.69) is 16.6 Å². The number of hydrogen-bond acceptors (Lipinski definition) is 3. The Kier molecular flexibility index (Phi) is 1.12. The maximum atomic E-state index is 3.82. The van der Waals surface area contributed by atoms with Gasteiger partial charge in [0.1, 0.15) is 5.82 Å². The summed E-state index contributed by atoms with van der Waals surface area (Å²) in [6, 6.07) is 0. The van der Waals surface area contributed by atoms with Gasteiger partial charge >= 0.3 is 0 Å². The fraction of sp³-hybridized carbons (Fsp3) is 0.200. The van der Waals surface area contributed by atoms with Crippen LogP contribution >= 0.6 is 0 Å². The summed E-state index contributed by atoms with van der Waals surface area (Å²) in [4.78, 5) is 9.40. The molecule has 1 heterocycles. The normalized spacial score (nSPS) is 17.6. The Hall–Kier alpha value is -1.12. The van der Waals surface area contributed by atoms with Crippen molar-refractivity contribution in [3.63, 3.8) is 0 Å². The summed E-state index contributed by atoms with van der Waals surface area (Å²) in [5, 5.41) is 0. The van der Waals surface area contributed by atoms with Gasteiger partial charge in [0.2, 0.25) is 0 Å². The Morgan fingerprint density at radius 1 is 1.50 bits per heavy atom. The van der Waals surface area contributed by atoms with E-state index >= 15 is 0 Å². The molecule has 0 aromatic heterocycles. The van der Waals surface area contributed by atoms with Gasteiger partial charge in [-0.3, -0.25) is 0 Å². The Morgan fingerprint density at radius 2 is 2.00 bits per heavy atom. The van der Waals surface area contributed by atoms with E-state index in [1.165, 1.54) is 0 Å². The lowest BCUT2D eigenvalue weighted by molar-refractivity contribution is 0.783. The minimum absolute atomic E-state index is 0.558. The molecule has 0 aromatic rings. The zero-order valence-corrected chi connectivity index (χ0v) is 4.70. The number of rotatable bonds is 0. The van der Waals surface area contributed by atoms with Crippen molar-refractivity contribution in [2.75, 3.05) is 7.05 Å². The van der Waals surface area contributed by atoms with Crippen LogP contribution in [0.15, 0.2) is 22.4 Å². The smallest absolute Gasteiger partial charge is 0.148 e. The average Bonchev–Trinajstić information content (AvgIpc) is 1.77. The van der Waals surface area contributed by atoms with Crippen LogP contribution in [0, 0.1) is 0 Å². The molecule has 3 heteroatoms. The van der Waals surface area contributed by atoms with Gasteiger partial charge in [0, 0.05) is 7.05 Å². The Labute approximate surface area is 48.1 Å². The first-order valence-corrected chi connectivity index (χ1v) is 2.28. The van der Waals surface area contributed by atoms with Crippen LogP contribution in [-0.4, -0.2) is 24.6 Å². The molecule has 0 saturated heterocycles. The fourth-order valence-electron chi connectivity index (χ4n) is 0.379. The van der Waals surface area contributed by atoms with E-state index in [1.807, 2.05) is 7.05 Å². The van der Waals surface area contributed by atoms with Crippen molar-refractivity contribution in [3.05, 3.63) is 12.4 Å². The maximum Gasteiger partial charge on any atom is 0.148 e. The molecule has 42 valence electrons. The van der Waals surface area contributed by atoms with Crippen LogP contribution in [0.4, 0.5) is 0 Å². The summed E-state index contributed by atoms with van der Waals surface area (Å²) in [5.74, 6) is 0.558. The van der Waals surface area contributed by atoms with Gasteiger partial charge in [-0.05, 0) is 0 Å².